The maximum absolute atomic E-state index is 12.3. The van der Waals surface area contributed by atoms with Gasteiger partial charge < -0.3 is 28.8 Å². The van der Waals surface area contributed by atoms with Crippen LogP contribution in [0.3, 0.4) is 0 Å². The molecule has 0 aliphatic rings. The van der Waals surface area contributed by atoms with Gasteiger partial charge in [-0.3, -0.25) is 9.36 Å². The summed E-state index contributed by atoms with van der Waals surface area (Å²) >= 11 is 0. The molecule has 0 aromatic heterocycles. The van der Waals surface area contributed by atoms with Gasteiger partial charge in [-0.15, -0.1) is 0 Å². The first-order valence-corrected chi connectivity index (χ1v) is 13.5. The van der Waals surface area contributed by atoms with E-state index >= 15 is 0 Å². The van der Waals surface area contributed by atoms with Crippen LogP contribution in [0.15, 0.2) is 12.2 Å². The minimum absolute atomic E-state index is 0.00104. The molecule has 0 aliphatic heterocycles. The first-order valence-electron chi connectivity index (χ1n) is 12.1. The monoisotopic (exact) mass is 478 g/mol. The third-order valence-electron chi connectivity index (χ3n) is 5.00. The molecule has 2 N–H and O–H groups in total. The minimum atomic E-state index is -4.54. The van der Waals surface area contributed by atoms with E-state index in [4.69, 9.17) is 9.05 Å². The molecular formula is C23H47N2O6P. The van der Waals surface area contributed by atoms with Gasteiger partial charge in [-0.25, -0.2) is 0 Å². The molecule has 3 unspecified atom stereocenters. The topological polar surface area (TPSA) is 108 Å². The number of nitrogens with zero attached hydrogens (tertiary/aromatic N) is 1. The molecule has 0 aliphatic carbocycles. The van der Waals surface area contributed by atoms with E-state index in [0.29, 0.717) is 17.4 Å². The van der Waals surface area contributed by atoms with Gasteiger partial charge in [-0.1, -0.05) is 64.5 Å². The molecule has 0 heterocycles. The van der Waals surface area contributed by atoms with Gasteiger partial charge in [0.05, 0.1) is 39.9 Å². The summed E-state index contributed by atoms with van der Waals surface area (Å²) in [7, 11) is 1.25. The molecule has 0 bridgehead atoms. The Morgan fingerprint density at radius 1 is 1.06 bits per heavy atom. The molecule has 0 saturated heterocycles. The first kappa shape index (κ1) is 31.2. The van der Waals surface area contributed by atoms with E-state index in [-0.39, 0.29) is 19.1 Å². The number of quaternary nitrogens is 1. The maximum atomic E-state index is 12.3. The minimum Gasteiger partial charge on any atom is -0.756 e. The van der Waals surface area contributed by atoms with Crippen molar-refractivity contribution in [2.24, 2.45) is 0 Å². The molecule has 190 valence electrons. The van der Waals surface area contributed by atoms with Crippen molar-refractivity contribution in [1.82, 2.24) is 5.32 Å². The number of carbonyl (C=O) groups excluding carboxylic acids is 1. The SMILES string of the molecule is CCCCCC/C=C/C(O)C(COP(=O)([O-])OCC[N+](C)(C)C)NC(=O)CCCCCC. The normalized spacial score (nSPS) is 16.1. The smallest absolute Gasteiger partial charge is 0.268 e. The summed E-state index contributed by atoms with van der Waals surface area (Å²) in [4.78, 5) is 24.4. The van der Waals surface area contributed by atoms with Crippen LogP contribution in [0.1, 0.15) is 78.1 Å². The molecular weight excluding hydrogens is 431 g/mol. The average molecular weight is 479 g/mol. The quantitative estimate of drug-likeness (QED) is 0.120. The zero-order chi connectivity index (χ0) is 24.5. The number of nitrogens with one attached hydrogen (secondary N) is 1. The van der Waals surface area contributed by atoms with Crippen molar-refractivity contribution < 1.29 is 32.9 Å². The Morgan fingerprint density at radius 2 is 1.69 bits per heavy atom. The molecule has 8 nitrogen and oxygen atoms in total. The van der Waals surface area contributed by atoms with Crippen LogP contribution in [0.2, 0.25) is 0 Å². The lowest BCUT2D eigenvalue weighted by atomic mass is 10.1. The number of hydrogen-bond acceptors (Lipinski definition) is 6. The lowest BCUT2D eigenvalue weighted by molar-refractivity contribution is -0.870. The number of amides is 1. The van der Waals surface area contributed by atoms with E-state index < -0.39 is 20.0 Å². The fraction of sp³-hybridized carbons (Fsp3) is 0.870. The molecule has 3 atom stereocenters. The fourth-order valence-electron chi connectivity index (χ4n) is 2.91. The van der Waals surface area contributed by atoms with Crippen molar-refractivity contribution >= 4 is 13.7 Å². The average Bonchev–Trinajstić information content (AvgIpc) is 2.69. The van der Waals surface area contributed by atoms with Crippen LogP contribution in [0.5, 0.6) is 0 Å². The van der Waals surface area contributed by atoms with E-state index in [1.165, 1.54) is 6.42 Å². The third kappa shape index (κ3) is 18.8. The highest BCUT2D eigenvalue weighted by Crippen LogP contribution is 2.38. The number of phosphoric acid groups is 1. The van der Waals surface area contributed by atoms with E-state index in [1.807, 2.05) is 27.2 Å². The molecule has 0 aromatic carbocycles. The number of aliphatic hydroxyl groups is 1. The highest BCUT2D eigenvalue weighted by atomic mass is 31.2. The molecule has 1 amide bonds. The van der Waals surface area contributed by atoms with E-state index in [0.717, 1.165) is 51.4 Å². The first-order chi connectivity index (χ1) is 15.0. The lowest BCUT2D eigenvalue weighted by Crippen LogP contribution is -2.45. The standard InChI is InChI=1S/C23H47N2O6P/c1-6-8-10-12-13-14-16-22(26)21(24-23(27)17-15-11-9-7-2)20-31-32(28,29)30-19-18-25(3,4)5/h14,16,21-22,26H,6-13,15,17-20H2,1-5H3,(H-,24,27,28,29)/b16-14+. The van der Waals surface area contributed by atoms with E-state index in [2.05, 4.69) is 19.2 Å². The van der Waals surface area contributed by atoms with Crippen molar-refractivity contribution in [2.45, 2.75) is 90.2 Å². The van der Waals surface area contributed by atoms with Gasteiger partial charge in [-0.05, 0) is 19.3 Å². The summed E-state index contributed by atoms with van der Waals surface area (Å²) in [6, 6.07) is -0.871. The molecule has 0 saturated carbocycles. The fourth-order valence-corrected chi connectivity index (χ4v) is 3.63. The summed E-state index contributed by atoms with van der Waals surface area (Å²) in [6.07, 6.45) is 11.9. The Balaban J connectivity index is 4.79. The predicted octanol–water partition coefficient (Wildman–Crippen LogP) is 3.54. The predicted molar refractivity (Wildman–Crippen MR) is 127 cm³/mol. The number of unbranched alkanes of at least 4 members (excludes halogenated alkanes) is 7. The van der Waals surface area contributed by atoms with Crippen molar-refractivity contribution in [3.05, 3.63) is 12.2 Å². The van der Waals surface area contributed by atoms with Gasteiger partial charge in [-0.2, -0.15) is 0 Å². The number of hydrogen-bond donors (Lipinski definition) is 2. The Bertz CT molecular complexity index is 565. The van der Waals surface area contributed by atoms with Crippen LogP contribution in [0.25, 0.3) is 0 Å². The summed E-state index contributed by atoms with van der Waals surface area (Å²) in [5, 5.41) is 13.3. The second-order valence-corrected chi connectivity index (χ2v) is 10.8. The van der Waals surface area contributed by atoms with E-state index in [9.17, 15) is 19.4 Å². The summed E-state index contributed by atoms with van der Waals surface area (Å²) < 4.78 is 22.6. The van der Waals surface area contributed by atoms with Gasteiger partial charge in [0, 0.05) is 6.42 Å². The zero-order valence-corrected chi connectivity index (χ0v) is 21.8. The number of phosphoric ester groups is 1. The number of rotatable bonds is 20. The Hall–Kier alpha value is -0.760. The second kappa shape index (κ2) is 17.7. The van der Waals surface area contributed by atoms with Crippen LogP contribution in [0.4, 0.5) is 0 Å². The van der Waals surface area contributed by atoms with Gasteiger partial charge in [0.2, 0.25) is 5.91 Å². The molecule has 0 rings (SSSR count). The number of aliphatic hydroxyl groups excluding tert-OH is 1. The second-order valence-electron chi connectivity index (χ2n) is 9.34. The van der Waals surface area contributed by atoms with Crippen LogP contribution in [-0.2, 0) is 18.4 Å². The Labute approximate surface area is 195 Å². The van der Waals surface area contributed by atoms with Crippen molar-refractivity contribution in [3.63, 3.8) is 0 Å². The van der Waals surface area contributed by atoms with Crippen LogP contribution < -0.4 is 10.2 Å². The van der Waals surface area contributed by atoms with Gasteiger partial charge in [0.15, 0.2) is 0 Å². The molecule has 0 aromatic rings. The Morgan fingerprint density at radius 3 is 2.28 bits per heavy atom. The zero-order valence-electron chi connectivity index (χ0n) is 20.9. The van der Waals surface area contributed by atoms with Crippen molar-refractivity contribution in [3.8, 4) is 0 Å². The number of carbonyl (C=O) groups is 1. The van der Waals surface area contributed by atoms with Crippen molar-refractivity contribution in [1.29, 1.82) is 0 Å². The molecule has 0 radical (unpaired) electrons. The van der Waals surface area contributed by atoms with Gasteiger partial charge in [0.25, 0.3) is 7.82 Å². The molecule has 9 heteroatoms. The summed E-state index contributed by atoms with van der Waals surface area (Å²) in [5.41, 5.74) is 0. The highest BCUT2D eigenvalue weighted by molar-refractivity contribution is 7.45. The molecule has 32 heavy (non-hydrogen) atoms. The number of allylic oxidation sites excluding steroid dienone is 1. The third-order valence-corrected chi connectivity index (χ3v) is 5.96. The lowest BCUT2D eigenvalue weighted by Gasteiger charge is -2.29. The molecule has 0 fully saturated rings. The van der Waals surface area contributed by atoms with Crippen LogP contribution >= 0.6 is 7.82 Å². The van der Waals surface area contributed by atoms with E-state index in [1.54, 1.807) is 6.08 Å². The molecule has 0 spiro atoms. The highest BCUT2D eigenvalue weighted by Gasteiger charge is 2.23. The number of likely N-dealkylation sites (N-methyl/N-ethyl adjacent to an activating group) is 1. The van der Waals surface area contributed by atoms with Crippen molar-refractivity contribution in [2.75, 3.05) is 40.9 Å². The largest absolute Gasteiger partial charge is 0.756 e. The van der Waals surface area contributed by atoms with Crippen LogP contribution in [0, 0.1) is 0 Å². The van der Waals surface area contributed by atoms with Crippen LogP contribution in [-0.4, -0.2) is 68.5 Å². The maximum Gasteiger partial charge on any atom is 0.268 e. The van der Waals surface area contributed by atoms with Gasteiger partial charge >= 0.3 is 0 Å². The summed E-state index contributed by atoms with van der Waals surface area (Å²) in [6.45, 7) is 4.36. The summed E-state index contributed by atoms with van der Waals surface area (Å²) in [5.74, 6) is -0.225. The van der Waals surface area contributed by atoms with Gasteiger partial charge in [0.1, 0.15) is 13.2 Å². The Kier molecular flexibility index (Phi) is 17.3.